The van der Waals surface area contributed by atoms with Crippen molar-refractivity contribution in [3.63, 3.8) is 0 Å². The van der Waals surface area contributed by atoms with Crippen LogP contribution < -0.4 is 0 Å². The van der Waals surface area contributed by atoms with E-state index in [1.165, 1.54) is 0 Å². The van der Waals surface area contributed by atoms with Crippen molar-refractivity contribution in [2.45, 2.75) is 32.8 Å². The second-order valence-corrected chi connectivity index (χ2v) is 8.59. The minimum atomic E-state index is -1.33. The Kier molecular flexibility index (Phi) is 7.37. The molecule has 0 aliphatic carbocycles. The van der Waals surface area contributed by atoms with Crippen molar-refractivity contribution in [1.29, 1.82) is 0 Å². The summed E-state index contributed by atoms with van der Waals surface area (Å²) in [5.74, 6) is 0.0789. The van der Waals surface area contributed by atoms with E-state index < -0.39 is 17.9 Å². The van der Waals surface area contributed by atoms with E-state index in [0.29, 0.717) is 34.2 Å². The zero-order valence-electron chi connectivity index (χ0n) is 21.1. The molecule has 0 amide bonds. The van der Waals surface area contributed by atoms with E-state index in [1.807, 2.05) is 37.3 Å². The summed E-state index contributed by atoms with van der Waals surface area (Å²) >= 11 is 0. The number of aryl methyl sites for hydroxylation is 1. The molecule has 0 saturated carbocycles. The molecule has 3 heterocycles. The highest BCUT2D eigenvalue weighted by molar-refractivity contribution is 5.85. The number of carbonyl (C=O) groups is 2. The van der Waals surface area contributed by atoms with Gasteiger partial charge in [-0.3, -0.25) is 9.89 Å². The number of carbonyl (C=O) groups excluding carboxylic acids is 2. The predicted octanol–water partition coefficient (Wildman–Crippen LogP) is 3.90. The molecule has 198 valence electrons. The Hall–Kier alpha value is -4.97. The van der Waals surface area contributed by atoms with E-state index in [0.717, 1.165) is 11.1 Å². The van der Waals surface area contributed by atoms with Gasteiger partial charge in [-0.2, -0.15) is 4.98 Å². The van der Waals surface area contributed by atoms with Gasteiger partial charge in [0.05, 0.1) is 6.61 Å². The number of benzene rings is 2. The number of aliphatic hydroxyl groups excluding tert-OH is 1. The highest BCUT2D eigenvalue weighted by Gasteiger charge is 2.22. The third-order valence-electron chi connectivity index (χ3n) is 5.98. The van der Waals surface area contributed by atoms with E-state index in [4.69, 9.17) is 13.8 Å². The number of hydrogen-bond acceptors (Lipinski definition) is 11. The summed E-state index contributed by atoms with van der Waals surface area (Å²) < 4.78 is 15.7. The van der Waals surface area contributed by atoms with Crippen molar-refractivity contribution in [2.24, 2.45) is 0 Å². The molecule has 0 bridgehead atoms. The fourth-order valence-electron chi connectivity index (χ4n) is 3.91. The van der Waals surface area contributed by atoms with Crippen molar-refractivity contribution in [3.8, 4) is 34.3 Å². The summed E-state index contributed by atoms with van der Waals surface area (Å²) in [5.41, 5.74) is 3.42. The molecule has 1 unspecified atom stereocenters. The predicted molar refractivity (Wildman–Crippen MR) is 136 cm³/mol. The maximum atomic E-state index is 12.6. The minimum Gasteiger partial charge on any atom is -0.460 e. The molecule has 12 nitrogen and oxygen atoms in total. The van der Waals surface area contributed by atoms with Crippen molar-refractivity contribution >= 4 is 11.8 Å². The van der Waals surface area contributed by atoms with Gasteiger partial charge in [-0.25, -0.2) is 9.78 Å². The highest BCUT2D eigenvalue weighted by atomic mass is 16.5. The van der Waals surface area contributed by atoms with Gasteiger partial charge in [-0.1, -0.05) is 64.9 Å². The molecule has 0 aliphatic heterocycles. The maximum Gasteiger partial charge on any atom is 0.378 e. The Morgan fingerprint density at radius 2 is 1.77 bits per heavy atom. The van der Waals surface area contributed by atoms with E-state index in [1.54, 1.807) is 31.2 Å². The highest BCUT2D eigenvalue weighted by Crippen LogP contribution is 2.31. The monoisotopic (exact) mass is 528 g/mol. The van der Waals surface area contributed by atoms with Crippen LogP contribution in [0.2, 0.25) is 0 Å². The normalized spacial score (nSPS) is 11.9. The van der Waals surface area contributed by atoms with Gasteiger partial charge in [0.1, 0.15) is 17.6 Å². The smallest absolute Gasteiger partial charge is 0.378 e. The topological polar surface area (TPSA) is 170 Å². The first-order valence-electron chi connectivity index (χ1n) is 12.2. The second-order valence-electron chi connectivity index (χ2n) is 8.59. The van der Waals surface area contributed by atoms with E-state index >= 15 is 0 Å². The van der Waals surface area contributed by atoms with Crippen molar-refractivity contribution in [2.75, 3.05) is 6.61 Å². The Balaban J connectivity index is 1.22. The van der Waals surface area contributed by atoms with Crippen LogP contribution in [-0.4, -0.2) is 53.9 Å². The number of nitrogens with one attached hydrogen (secondary N) is 1. The molecular weight excluding hydrogens is 504 g/mol. The van der Waals surface area contributed by atoms with Gasteiger partial charge in [0.2, 0.25) is 11.6 Å². The molecule has 39 heavy (non-hydrogen) atoms. The third kappa shape index (κ3) is 5.50. The number of hydrogen-bond donors (Lipinski definition) is 2. The Morgan fingerprint density at radius 1 is 1.00 bits per heavy atom. The Bertz CT molecular complexity index is 1590. The number of ketones is 1. The van der Waals surface area contributed by atoms with Crippen LogP contribution in [0.15, 0.2) is 63.6 Å². The second kappa shape index (κ2) is 11.2. The lowest BCUT2D eigenvalue weighted by molar-refractivity contribution is -0.127. The number of esters is 1. The summed E-state index contributed by atoms with van der Waals surface area (Å²) in [6, 6.07) is 16.2. The first-order valence-corrected chi connectivity index (χ1v) is 12.2. The molecule has 0 aliphatic rings. The van der Waals surface area contributed by atoms with Gasteiger partial charge in [-0.05, 0) is 19.4 Å². The molecule has 0 saturated heterocycles. The summed E-state index contributed by atoms with van der Waals surface area (Å²) in [6.45, 7) is 3.75. The number of nitrogens with zero attached hydrogens (tertiary/aromatic N) is 5. The Morgan fingerprint density at radius 3 is 2.51 bits per heavy atom. The average Bonchev–Trinajstić information content (AvgIpc) is 3.72. The number of aliphatic hydroxyl groups is 1. The molecule has 0 spiro atoms. The van der Waals surface area contributed by atoms with Gasteiger partial charge in [0.25, 0.3) is 11.7 Å². The zero-order valence-corrected chi connectivity index (χ0v) is 21.1. The number of ether oxygens (including phenoxy) is 1. The summed E-state index contributed by atoms with van der Waals surface area (Å²) in [5, 5.41) is 25.1. The number of aromatic nitrogens is 6. The summed E-state index contributed by atoms with van der Waals surface area (Å²) in [4.78, 5) is 32.7. The largest absolute Gasteiger partial charge is 0.460 e. The molecule has 12 heteroatoms. The summed E-state index contributed by atoms with van der Waals surface area (Å²) in [7, 11) is 0. The number of H-pyrrole nitrogens is 1. The van der Waals surface area contributed by atoms with E-state index in [2.05, 4.69) is 30.5 Å². The van der Waals surface area contributed by atoms with Crippen LogP contribution in [0.4, 0.5) is 0 Å². The third-order valence-corrected chi connectivity index (χ3v) is 5.98. The fraction of sp³-hybridized carbons (Fsp3) is 0.222. The first-order chi connectivity index (χ1) is 18.9. The fourth-order valence-corrected chi connectivity index (χ4v) is 3.91. The van der Waals surface area contributed by atoms with Gasteiger partial charge in [0.15, 0.2) is 5.78 Å². The van der Waals surface area contributed by atoms with E-state index in [-0.39, 0.29) is 31.2 Å². The van der Waals surface area contributed by atoms with Crippen molar-refractivity contribution in [1.82, 2.24) is 30.5 Å². The molecule has 3 aromatic heterocycles. The van der Waals surface area contributed by atoms with Gasteiger partial charge < -0.3 is 18.9 Å². The first kappa shape index (κ1) is 25.7. The molecule has 0 radical (unpaired) electrons. The maximum absolute atomic E-state index is 12.6. The van der Waals surface area contributed by atoms with Crippen LogP contribution in [-0.2, 0) is 16.0 Å². The lowest BCUT2D eigenvalue weighted by Crippen LogP contribution is -2.13. The molecule has 1 atom stereocenters. The standard InChI is InChI=1S/C27H24N6O6/c1-3-37-27(36)25-28-20(30-31-25)14-13-19(34)22(35)17-9-11-18(12-10-17)24-29-26(39-33-24)23-15(2)21(32-38-23)16-7-5-4-6-8-16/h4-12,22,35H,3,13-14H2,1-2H3,(H,28,30,31). The molecule has 0 fully saturated rings. The summed E-state index contributed by atoms with van der Waals surface area (Å²) in [6.07, 6.45) is -1.16. The van der Waals surface area contributed by atoms with Gasteiger partial charge in [0, 0.05) is 29.5 Å². The quantitative estimate of drug-likeness (QED) is 0.252. The molecule has 2 aromatic carbocycles. The minimum absolute atomic E-state index is 0.00389. The van der Waals surface area contributed by atoms with E-state index in [9.17, 15) is 14.7 Å². The molecule has 5 rings (SSSR count). The lowest BCUT2D eigenvalue weighted by atomic mass is 10.0. The average molecular weight is 529 g/mol. The van der Waals surface area contributed by atoms with Crippen LogP contribution in [0.25, 0.3) is 34.3 Å². The zero-order chi connectivity index (χ0) is 27.4. The molecule has 5 aromatic rings. The van der Waals surface area contributed by atoms with Crippen LogP contribution >= 0.6 is 0 Å². The lowest BCUT2D eigenvalue weighted by Gasteiger charge is -2.09. The SMILES string of the molecule is CCOC(=O)c1n[nH]c(CCC(=O)C(O)c2ccc(-c3noc(-c4onc(-c5ccccc5)c4C)n3)cc2)n1. The van der Waals surface area contributed by atoms with Gasteiger partial charge >= 0.3 is 5.97 Å². The number of Topliss-reactive ketones (excluding diaryl/α,β-unsaturated/α-hetero) is 1. The number of aromatic amines is 1. The van der Waals surface area contributed by atoms with Crippen LogP contribution in [0.1, 0.15) is 47.0 Å². The molecule has 2 N–H and O–H groups in total. The molecular formula is C27H24N6O6. The van der Waals surface area contributed by atoms with Crippen LogP contribution in [0.5, 0.6) is 0 Å². The van der Waals surface area contributed by atoms with Crippen molar-refractivity contribution < 1.29 is 28.5 Å². The number of rotatable bonds is 10. The van der Waals surface area contributed by atoms with Crippen LogP contribution in [0.3, 0.4) is 0 Å². The Labute approximate surface area is 222 Å². The van der Waals surface area contributed by atoms with Gasteiger partial charge in [-0.15, -0.1) is 5.10 Å². The van der Waals surface area contributed by atoms with Crippen molar-refractivity contribution in [3.05, 3.63) is 77.4 Å². The van der Waals surface area contributed by atoms with Crippen LogP contribution in [0, 0.1) is 6.92 Å².